The van der Waals surface area contributed by atoms with E-state index in [2.05, 4.69) is 83.9 Å². The Balaban J connectivity index is 0.942. The van der Waals surface area contributed by atoms with Gasteiger partial charge in [-0.3, -0.25) is 0 Å². The van der Waals surface area contributed by atoms with Crippen LogP contribution in [0.2, 0.25) is 0 Å². The fourth-order valence-corrected chi connectivity index (χ4v) is 7.47. The van der Waals surface area contributed by atoms with E-state index in [-0.39, 0.29) is 19.8 Å². The van der Waals surface area contributed by atoms with Gasteiger partial charge in [-0.2, -0.15) is 0 Å². The molecule has 4 N–H and O–H groups in total. The summed E-state index contributed by atoms with van der Waals surface area (Å²) in [6.45, 7) is 13.8. The van der Waals surface area contributed by atoms with Gasteiger partial charge in [0.05, 0.1) is 77.2 Å². The monoisotopic (exact) mass is 862 g/mol. The Morgan fingerprint density at radius 2 is 1.53 bits per heavy atom. The number of aliphatic hydroxyl groups is 4. The minimum absolute atomic E-state index is 0.0756. The number of benzene rings is 3. The number of aliphatic hydroxyl groups excluding tert-OH is 4. The molecule has 2 aliphatic heterocycles. The molecule has 6 rings (SSSR count). The number of ether oxygens (including phenoxy) is 6. The summed E-state index contributed by atoms with van der Waals surface area (Å²) in [5.74, 6) is 0.297. The highest BCUT2D eigenvalue weighted by Crippen LogP contribution is 2.42. The third-order valence-corrected chi connectivity index (χ3v) is 10.9. The predicted octanol–water partition coefficient (Wildman–Crippen LogP) is 2.68. The van der Waals surface area contributed by atoms with Crippen LogP contribution in [0.4, 0.5) is 5.69 Å². The second-order valence-electron chi connectivity index (χ2n) is 14.7. The summed E-state index contributed by atoms with van der Waals surface area (Å²) in [5.41, 5.74) is 5.29. The first-order valence-electron chi connectivity index (χ1n) is 21.3. The van der Waals surface area contributed by atoms with Crippen LogP contribution in [0.3, 0.4) is 0 Å². The maximum atomic E-state index is 13.6. The molecule has 0 bridgehead atoms. The minimum atomic E-state index is -1.52. The van der Waals surface area contributed by atoms with Gasteiger partial charge >= 0.3 is 5.97 Å². The van der Waals surface area contributed by atoms with Gasteiger partial charge in [0.1, 0.15) is 61.1 Å². The number of rotatable bonds is 23. The Morgan fingerprint density at radius 1 is 0.823 bits per heavy atom. The zero-order valence-corrected chi connectivity index (χ0v) is 35.9. The van der Waals surface area contributed by atoms with Crippen LogP contribution in [0.5, 0.6) is 0 Å². The minimum Gasteiger partial charge on any atom is -0.460 e. The standard InChI is InChI=1S/C45H60N5O12/c1-5-48(6-2)31-13-15-35-37(25-31)61-38-26-32(49(7-3)8-4)14-16-36(38)40(35)33-11-9-10-12-34(33)44(55)59-24-23-58-22-21-57-20-19-56-18-17-50-27-30(46-47-50)29-60-45-43(54)42(53)41(52)39(28-51)62-45/h9-16,25-27,39,41-43,45,51-54H,5-8,17-24,28-29H2,1-4H3/q+1/t39-,41-,42+,43+,45+/m1/s1. The van der Waals surface area contributed by atoms with Crippen LogP contribution in [-0.2, 0) is 41.6 Å². The van der Waals surface area contributed by atoms with Crippen molar-refractivity contribution in [3.05, 3.63) is 83.5 Å². The van der Waals surface area contributed by atoms with Crippen LogP contribution in [0.15, 0.2) is 71.3 Å². The third-order valence-electron chi connectivity index (χ3n) is 10.9. The second kappa shape index (κ2) is 23.0. The number of nitrogens with zero attached hydrogens (tertiary/aromatic N) is 5. The Kier molecular flexibility index (Phi) is 17.3. The van der Waals surface area contributed by atoms with Crippen molar-refractivity contribution in [2.24, 2.45) is 0 Å². The molecule has 0 saturated carbocycles. The number of fused-ring (bicyclic) bond motifs is 2. The predicted molar refractivity (Wildman–Crippen MR) is 230 cm³/mol. The number of aromatic nitrogens is 3. The second-order valence-corrected chi connectivity index (χ2v) is 14.7. The third kappa shape index (κ3) is 11.4. The zero-order valence-electron chi connectivity index (χ0n) is 35.9. The van der Waals surface area contributed by atoms with Crippen LogP contribution in [0, 0.1) is 0 Å². The van der Waals surface area contributed by atoms with Gasteiger partial charge in [0.25, 0.3) is 0 Å². The Hall–Kier alpha value is -4.82. The zero-order chi connectivity index (χ0) is 44.0. The number of carbonyl (C=O) groups is 1. The number of hydrogen-bond acceptors (Lipinski definition) is 15. The van der Waals surface area contributed by atoms with Crippen molar-refractivity contribution in [2.75, 3.05) is 83.9 Å². The van der Waals surface area contributed by atoms with Gasteiger partial charge in [0.2, 0.25) is 5.36 Å². The summed E-state index contributed by atoms with van der Waals surface area (Å²) in [6.07, 6.45) is -5.15. The molecule has 5 atom stereocenters. The Morgan fingerprint density at radius 3 is 2.24 bits per heavy atom. The van der Waals surface area contributed by atoms with Gasteiger partial charge < -0.3 is 58.2 Å². The maximum Gasteiger partial charge on any atom is 0.338 e. The van der Waals surface area contributed by atoms with Gasteiger partial charge in [0.15, 0.2) is 6.29 Å². The highest BCUT2D eigenvalue weighted by atomic mass is 16.7. The highest BCUT2D eigenvalue weighted by molar-refractivity contribution is 6.08. The SMILES string of the molecule is CCN(CC)c1ccc2c(-c3ccccc3C(=O)OCCOCCOCCOCCn3cc(CO[C@H]4O[C@H](CO)[C@@H](O)[C@H](O)[C@@H]4O)nn3)c3ccc(=[N+](CC)CC)cc-3oc2c1. The van der Waals surface area contributed by atoms with Crippen molar-refractivity contribution < 1.29 is 58.1 Å². The molecule has 17 heteroatoms. The summed E-state index contributed by atoms with van der Waals surface area (Å²) < 4.78 is 44.0. The summed E-state index contributed by atoms with van der Waals surface area (Å²) >= 11 is 0. The van der Waals surface area contributed by atoms with Crippen LogP contribution < -0.4 is 14.8 Å². The molecule has 0 amide bonds. The van der Waals surface area contributed by atoms with E-state index in [0.29, 0.717) is 50.8 Å². The van der Waals surface area contributed by atoms with Gasteiger partial charge in [-0.05, 0) is 57.5 Å². The molecule has 3 heterocycles. The summed E-state index contributed by atoms with van der Waals surface area (Å²) in [7, 11) is 0. The highest BCUT2D eigenvalue weighted by Gasteiger charge is 2.44. The van der Waals surface area contributed by atoms with Crippen molar-refractivity contribution in [3.8, 4) is 22.5 Å². The number of esters is 1. The summed E-state index contributed by atoms with van der Waals surface area (Å²) in [5, 5.41) is 49.3. The number of anilines is 1. The molecule has 0 radical (unpaired) electrons. The molecule has 1 saturated heterocycles. The lowest BCUT2D eigenvalue weighted by Crippen LogP contribution is -2.59. The van der Waals surface area contributed by atoms with Crippen molar-refractivity contribution >= 4 is 22.6 Å². The first-order chi connectivity index (χ1) is 30.2. The molecule has 1 fully saturated rings. The van der Waals surface area contributed by atoms with E-state index in [4.69, 9.17) is 32.8 Å². The van der Waals surface area contributed by atoms with Gasteiger partial charge in [0, 0.05) is 47.4 Å². The topological polar surface area (TPSA) is 203 Å². The largest absolute Gasteiger partial charge is 0.460 e. The molecule has 3 aliphatic rings. The van der Waals surface area contributed by atoms with E-state index >= 15 is 0 Å². The van der Waals surface area contributed by atoms with Gasteiger partial charge in [-0.15, -0.1) is 5.10 Å². The van der Waals surface area contributed by atoms with Crippen molar-refractivity contribution in [1.82, 2.24) is 19.6 Å². The molecule has 0 spiro atoms. The summed E-state index contributed by atoms with van der Waals surface area (Å²) in [6, 6.07) is 20.1. The lowest BCUT2D eigenvalue weighted by atomic mass is 9.90. The van der Waals surface area contributed by atoms with E-state index in [9.17, 15) is 25.2 Å². The van der Waals surface area contributed by atoms with E-state index in [1.165, 1.54) is 0 Å². The molecule has 336 valence electrons. The van der Waals surface area contributed by atoms with Crippen LogP contribution >= 0.6 is 0 Å². The van der Waals surface area contributed by atoms with E-state index in [0.717, 1.165) is 70.6 Å². The molecule has 2 aromatic carbocycles. The summed E-state index contributed by atoms with van der Waals surface area (Å²) in [4.78, 5) is 15.9. The van der Waals surface area contributed by atoms with Crippen LogP contribution in [0.25, 0.3) is 33.4 Å². The smallest absolute Gasteiger partial charge is 0.338 e. The van der Waals surface area contributed by atoms with E-state index in [1.54, 1.807) is 16.9 Å². The van der Waals surface area contributed by atoms with Crippen LogP contribution in [0.1, 0.15) is 43.7 Å². The average molecular weight is 863 g/mol. The van der Waals surface area contributed by atoms with Gasteiger partial charge in [-0.25, -0.2) is 14.1 Å². The normalized spacial score (nSPS) is 19.0. The quantitative estimate of drug-likeness (QED) is 0.0323. The first kappa shape index (κ1) is 46.7. The van der Waals surface area contributed by atoms with Crippen LogP contribution in [-0.4, -0.2) is 151 Å². The molecule has 17 nitrogen and oxygen atoms in total. The average Bonchev–Trinajstić information content (AvgIpc) is 3.75. The molecule has 1 aromatic heterocycles. The number of carbonyl (C=O) groups excluding carboxylic acids is 1. The van der Waals surface area contributed by atoms with Crippen molar-refractivity contribution in [1.29, 1.82) is 0 Å². The van der Waals surface area contributed by atoms with Gasteiger partial charge in [-0.1, -0.05) is 23.4 Å². The van der Waals surface area contributed by atoms with E-state index < -0.39 is 43.3 Å². The Labute approximate surface area is 361 Å². The first-order valence-corrected chi connectivity index (χ1v) is 21.3. The molecule has 3 aromatic rings. The van der Waals surface area contributed by atoms with E-state index in [1.807, 2.05) is 18.2 Å². The molecule has 0 unspecified atom stereocenters. The van der Waals surface area contributed by atoms with Crippen molar-refractivity contribution in [2.45, 2.75) is 71.6 Å². The molecule has 1 aliphatic carbocycles. The Bertz CT molecular complexity index is 2220. The molecular weight excluding hydrogens is 803 g/mol. The fraction of sp³-hybridized carbons (Fsp3) is 0.511. The maximum absolute atomic E-state index is 13.6. The molecule has 62 heavy (non-hydrogen) atoms. The number of hydrogen-bond donors (Lipinski definition) is 4. The molecular formula is C45H60N5O12+. The lowest BCUT2D eigenvalue weighted by Gasteiger charge is -2.39. The fourth-order valence-electron chi connectivity index (χ4n) is 7.47. The van der Waals surface area contributed by atoms with Crippen molar-refractivity contribution in [3.63, 3.8) is 0 Å². The lowest BCUT2D eigenvalue weighted by molar-refractivity contribution is -0.304.